The van der Waals surface area contributed by atoms with Gasteiger partial charge in [-0.1, -0.05) is 0 Å². The van der Waals surface area contributed by atoms with Crippen molar-refractivity contribution in [2.45, 2.75) is 0 Å². The lowest BCUT2D eigenvalue weighted by Gasteiger charge is -1.89. The number of hydrogen-bond acceptors (Lipinski definition) is 5. The van der Waals surface area contributed by atoms with Crippen molar-refractivity contribution in [3.8, 4) is 0 Å². The van der Waals surface area contributed by atoms with Crippen LogP contribution in [0.15, 0.2) is 0 Å². The van der Waals surface area contributed by atoms with E-state index in [4.69, 9.17) is 0 Å². The molecule has 0 amide bonds. The monoisotopic (exact) mass is 174 g/mol. The Bertz CT molecular complexity index is 226. The third-order valence-corrected chi connectivity index (χ3v) is 1.43. The average Bonchev–Trinajstić information content (AvgIpc) is 1.59. The third kappa shape index (κ3) is 7.86. The van der Waals surface area contributed by atoms with E-state index in [0.717, 1.165) is 6.26 Å². The molecule has 0 aliphatic rings. The number of rotatable bonds is 3. The highest BCUT2D eigenvalue weighted by Gasteiger charge is 2.00. The van der Waals surface area contributed by atoms with Crippen LogP contribution in [0.2, 0.25) is 0 Å². The first-order chi connectivity index (χ1) is 3.92. The second-order valence-electron chi connectivity index (χ2n) is 1.40. The quantitative estimate of drug-likeness (QED) is 0.529. The highest BCUT2D eigenvalue weighted by Crippen LogP contribution is 1.82. The normalized spacial score (nSPS) is 12.2. The Morgan fingerprint density at radius 1 is 1.44 bits per heavy atom. The second kappa shape index (κ2) is 3.14. The van der Waals surface area contributed by atoms with E-state index in [1.54, 1.807) is 0 Å². The predicted molar refractivity (Wildman–Crippen MR) is 31.1 cm³/mol. The van der Waals surface area contributed by atoms with Crippen LogP contribution in [0.25, 0.3) is 0 Å². The molecular formula is C2H6O5S2. The molecule has 56 valence electrons. The Balaban J connectivity index is 3.81. The number of sulfone groups is 1. The van der Waals surface area contributed by atoms with Gasteiger partial charge in [0, 0.05) is 6.26 Å². The van der Waals surface area contributed by atoms with Crippen molar-refractivity contribution in [3.05, 3.63) is 0 Å². The summed E-state index contributed by atoms with van der Waals surface area (Å²) >= 11 is 0. The van der Waals surface area contributed by atoms with Gasteiger partial charge in [0.25, 0.3) is 11.0 Å². The Morgan fingerprint density at radius 3 is 2.00 bits per heavy atom. The largest absolute Gasteiger partial charge is 0.258 e. The third-order valence-electron chi connectivity index (χ3n) is 0.372. The molecule has 9 heavy (non-hydrogen) atoms. The fourth-order valence-corrected chi connectivity index (χ4v) is 1.25. The molecule has 0 bridgehead atoms. The van der Waals surface area contributed by atoms with Crippen LogP contribution in [0.1, 0.15) is 0 Å². The standard InChI is InChI=1S/C2H6O5S2/c1-9(5,6)2-7-8(3)4/h8H,2H2,1H3. The molecule has 0 heterocycles. The lowest BCUT2D eigenvalue weighted by molar-refractivity contribution is 0.387. The van der Waals surface area contributed by atoms with Crippen LogP contribution < -0.4 is 0 Å². The lowest BCUT2D eigenvalue weighted by Crippen LogP contribution is -2.05. The summed E-state index contributed by atoms with van der Waals surface area (Å²) in [5.74, 6) is -0.772. The van der Waals surface area contributed by atoms with Crippen molar-refractivity contribution in [2.75, 3.05) is 12.2 Å². The molecule has 0 radical (unpaired) electrons. The Kier molecular flexibility index (Phi) is 3.09. The van der Waals surface area contributed by atoms with E-state index < -0.39 is 26.8 Å². The highest BCUT2D eigenvalue weighted by atomic mass is 32.2. The summed E-state index contributed by atoms with van der Waals surface area (Å²) in [6, 6.07) is 0. The van der Waals surface area contributed by atoms with Gasteiger partial charge in [-0.2, -0.15) is 0 Å². The topological polar surface area (TPSA) is 77.5 Å². The maximum Gasteiger partial charge on any atom is 0.258 e. The molecule has 0 rings (SSSR count). The maximum absolute atomic E-state index is 10.1. The molecule has 0 saturated heterocycles. The van der Waals surface area contributed by atoms with E-state index in [0.29, 0.717) is 0 Å². The highest BCUT2D eigenvalue weighted by molar-refractivity contribution is 7.90. The van der Waals surface area contributed by atoms with Crippen LogP contribution in [-0.2, 0) is 25.0 Å². The minimum absolute atomic E-state index is 0.772. The zero-order valence-corrected chi connectivity index (χ0v) is 6.31. The fourth-order valence-electron chi connectivity index (χ4n) is 0.139. The van der Waals surface area contributed by atoms with Gasteiger partial charge in [0.2, 0.25) is 0 Å². The van der Waals surface area contributed by atoms with Crippen LogP contribution in [0.4, 0.5) is 0 Å². The van der Waals surface area contributed by atoms with Crippen molar-refractivity contribution in [1.82, 2.24) is 0 Å². The van der Waals surface area contributed by atoms with Crippen LogP contribution in [0, 0.1) is 0 Å². The van der Waals surface area contributed by atoms with Gasteiger partial charge in [-0.25, -0.2) is 16.8 Å². The van der Waals surface area contributed by atoms with E-state index >= 15 is 0 Å². The summed E-state index contributed by atoms with van der Waals surface area (Å²) in [6.45, 7) is 0. The molecule has 0 aromatic rings. The smallest absolute Gasteiger partial charge is 0.256 e. The van der Waals surface area contributed by atoms with Gasteiger partial charge < -0.3 is 0 Å². The second-order valence-corrected chi connectivity index (χ2v) is 4.19. The van der Waals surface area contributed by atoms with E-state index in [1.807, 2.05) is 0 Å². The van der Waals surface area contributed by atoms with Crippen LogP contribution >= 0.6 is 0 Å². The predicted octanol–water partition coefficient (Wildman–Crippen LogP) is -1.47. The van der Waals surface area contributed by atoms with Gasteiger partial charge >= 0.3 is 0 Å². The maximum atomic E-state index is 10.1. The van der Waals surface area contributed by atoms with E-state index in [2.05, 4.69) is 4.18 Å². The molecule has 7 heteroatoms. The first-order valence-corrected chi connectivity index (χ1v) is 5.02. The van der Waals surface area contributed by atoms with Gasteiger partial charge in [0.05, 0.1) is 0 Å². The summed E-state index contributed by atoms with van der Waals surface area (Å²) < 4.78 is 43.3. The molecule has 5 nitrogen and oxygen atoms in total. The minimum Gasteiger partial charge on any atom is -0.256 e. The lowest BCUT2D eigenvalue weighted by atomic mass is 11.7. The molecule has 0 spiro atoms. The summed E-state index contributed by atoms with van der Waals surface area (Å²) in [6.07, 6.45) is 0.881. The van der Waals surface area contributed by atoms with Gasteiger partial charge in [0.1, 0.15) is 0 Å². The molecule has 0 fully saturated rings. The van der Waals surface area contributed by atoms with Crippen molar-refractivity contribution >= 4 is 20.8 Å². The minimum atomic E-state index is -3.33. The van der Waals surface area contributed by atoms with E-state index in [9.17, 15) is 16.8 Å². The van der Waals surface area contributed by atoms with Gasteiger partial charge in [0.15, 0.2) is 15.8 Å². The average molecular weight is 174 g/mol. The van der Waals surface area contributed by atoms with Gasteiger partial charge in [-0.15, -0.1) is 0 Å². The molecule has 0 N–H and O–H groups in total. The summed E-state index contributed by atoms with van der Waals surface area (Å²) in [5.41, 5.74) is 0. The van der Waals surface area contributed by atoms with E-state index in [1.165, 1.54) is 0 Å². The zero-order chi connectivity index (χ0) is 7.49. The summed E-state index contributed by atoms with van der Waals surface area (Å²) in [7, 11) is -6.37. The first kappa shape index (κ1) is 8.86. The number of hydrogen-bond donors (Lipinski definition) is 1. The molecule has 0 unspecified atom stereocenters. The van der Waals surface area contributed by atoms with Crippen molar-refractivity contribution in [2.24, 2.45) is 0 Å². The Hall–Kier alpha value is -0.140. The fraction of sp³-hybridized carbons (Fsp3) is 1.00. The molecule has 0 aliphatic carbocycles. The van der Waals surface area contributed by atoms with E-state index in [-0.39, 0.29) is 0 Å². The SMILES string of the molecule is CS(=O)(=O)CO[SH](=O)=O. The Labute approximate surface area is 54.7 Å². The molecular weight excluding hydrogens is 168 g/mol. The molecule has 0 saturated carbocycles. The van der Waals surface area contributed by atoms with Crippen LogP contribution in [0.5, 0.6) is 0 Å². The molecule has 0 aromatic heterocycles. The van der Waals surface area contributed by atoms with Gasteiger partial charge in [-0.05, 0) is 0 Å². The van der Waals surface area contributed by atoms with Gasteiger partial charge in [-0.3, -0.25) is 4.18 Å². The number of thiol groups is 1. The summed E-state index contributed by atoms with van der Waals surface area (Å²) in [5, 5.41) is 0. The molecule has 0 aliphatic heterocycles. The van der Waals surface area contributed by atoms with Crippen molar-refractivity contribution < 1.29 is 21.0 Å². The Morgan fingerprint density at radius 2 is 1.89 bits per heavy atom. The van der Waals surface area contributed by atoms with Crippen LogP contribution in [0.3, 0.4) is 0 Å². The van der Waals surface area contributed by atoms with Crippen LogP contribution in [-0.4, -0.2) is 29.0 Å². The molecule has 0 aromatic carbocycles. The molecule has 0 atom stereocenters. The summed E-state index contributed by atoms with van der Waals surface area (Å²) in [4.78, 5) is 0. The zero-order valence-electron chi connectivity index (χ0n) is 4.60. The van der Waals surface area contributed by atoms with Crippen molar-refractivity contribution in [3.63, 3.8) is 0 Å². The van der Waals surface area contributed by atoms with Crippen molar-refractivity contribution in [1.29, 1.82) is 0 Å². The first-order valence-electron chi connectivity index (χ1n) is 1.87.